The Kier molecular flexibility index (Phi) is 6.16. The van der Waals surface area contributed by atoms with Gasteiger partial charge in [0.2, 0.25) is 0 Å². The van der Waals surface area contributed by atoms with Crippen LogP contribution in [-0.2, 0) is 5.41 Å². The highest BCUT2D eigenvalue weighted by Gasteiger charge is 2.37. The summed E-state index contributed by atoms with van der Waals surface area (Å²) in [6.45, 7) is 4.69. The van der Waals surface area contributed by atoms with Crippen LogP contribution in [-0.4, -0.2) is 15.0 Å². The van der Waals surface area contributed by atoms with Crippen molar-refractivity contribution in [1.29, 1.82) is 0 Å². The summed E-state index contributed by atoms with van der Waals surface area (Å²) in [6.07, 6.45) is 0. The molecule has 0 saturated carbocycles. The molecule has 0 spiro atoms. The van der Waals surface area contributed by atoms with Crippen molar-refractivity contribution >= 4 is 21.5 Å². The van der Waals surface area contributed by atoms with Gasteiger partial charge in [0.15, 0.2) is 17.5 Å². The van der Waals surface area contributed by atoms with E-state index in [1.54, 1.807) is 0 Å². The second kappa shape index (κ2) is 10.6. The maximum absolute atomic E-state index is 5.11. The molecule has 0 amide bonds. The largest absolute Gasteiger partial charge is 0.208 e. The van der Waals surface area contributed by atoms with Gasteiger partial charge in [-0.3, -0.25) is 0 Å². The van der Waals surface area contributed by atoms with E-state index in [-0.39, 0.29) is 5.41 Å². The molecule has 0 saturated heterocycles. The second-order valence-electron chi connectivity index (χ2n) is 12.9. The molecule has 47 heavy (non-hydrogen) atoms. The van der Waals surface area contributed by atoms with E-state index >= 15 is 0 Å². The third-order valence-electron chi connectivity index (χ3n) is 9.68. The first-order chi connectivity index (χ1) is 23.0. The molecule has 8 aromatic rings. The second-order valence-corrected chi connectivity index (χ2v) is 12.9. The molecule has 7 aromatic carbocycles. The maximum Gasteiger partial charge on any atom is 0.164 e. The van der Waals surface area contributed by atoms with Crippen LogP contribution in [0.25, 0.3) is 78.0 Å². The molecule has 3 heteroatoms. The first kappa shape index (κ1) is 27.4. The molecule has 222 valence electrons. The lowest BCUT2D eigenvalue weighted by atomic mass is 9.80. The maximum atomic E-state index is 5.11. The van der Waals surface area contributed by atoms with E-state index in [4.69, 9.17) is 15.0 Å². The Morgan fingerprint density at radius 3 is 1.79 bits per heavy atom. The lowest BCUT2D eigenvalue weighted by Gasteiger charge is -2.23. The van der Waals surface area contributed by atoms with E-state index in [1.165, 1.54) is 44.0 Å². The Balaban J connectivity index is 1.27. The zero-order valence-electron chi connectivity index (χ0n) is 26.3. The number of rotatable bonds is 4. The Morgan fingerprint density at radius 2 is 0.979 bits per heavy atom. The van der Waals surface area contributed by atoms with Crippen LogP contribution in [0.3, 0.4) is 0 Å². The van der Waals surface area contributed by atoms with Crippen molar-refractivity contribution in [3.8, 4) is 56.4 Å². The molecular formula is C44H31N3. The van der Waals surface area contributed by atoms with Gasteiger partial charge in [-0.1, -0.05) is 147 Å². The summed E-state index contributed by atoms with van der Waals surface area (Å²) < 4.78 is 0. The predicted octanol–water partition coefficient (Wildman–Crippen LogP) is 11.2. The van der Waals surface area contributed by atoms with Crippen LogP contribution in [0.4, 0.5) is 0 Å². The fourth-order valence-electron chi connectivity index (χ4n) is 7.30. The van der Waals surface area contributed by atoms with E-state index in [2.05, 4.69) is 147 Å². The highest BCUT2D eigenvalue weighted by atomic mass is 15.0. The van der Waals surface area contributed by atoms with Crippen molar-refractivity contribution in [1.82, 2.24) is 15.0 Å². The van der Waals surface area contributed by atoms with Crippen LogP contribution < -0.4 is 0 Å². The van der Waals surface area contributed by atoms with Gasteiger partial charge in [0.05, 0.1) is 0 Å². The van der Waals surface area contributed by atoms with Crippen LogP contribution in [0.1, 0.15) is 25.0 Å². The Labute approximate surface area is 274 Å². The Hall–Kier alpha value is -5.93. The Morgan fingerprint density at radius 1 is 0.383 bits per heavy atom. The van der Waals surface area contributed by atoms with Crippen LogP contribution in [0, 0.1) is 0 Å². The average Bonchev–Trinajstić information content (AvgIpc) is 3.36. The summed E-state index contributed by atoms with van der Waals surface area (Å²) in [6, 6.07) is 53.7. The number of hydrogen-bond donors (Lipinski definition) is 0. The first-order valence-corrected chi connectivity index (χ1v) is 16.1. The molecule has 1 aromatic heterocycles. The molecule has 9 rings (SSSR count). The standard InChI is InChI=1S/C44H31N3/c1-44(2)37-22-11-10-21-36(37)40-38(44)27-31-17-8-9-20-35(31)39(40)32-18-12-19-33(26-32)42-45-41(29-14-4-3-5-15-29)46-43(47-42)34-24-23-28-13-6-7-16-30(28)25-34/h3-27H,1-2H3. The van der Waals surface area contributed by atoms with Crippen LogP contribution >= 0.6 is 0 Å². The quantitative estimate of drug-likeness (QED) is 0.201. The summed E-state index contributed by atoms with van der Waals surface area (Å²) in [5, 5.41) is 4.84. The number of fused-ring (bicyclic) bond motifs is 5. The van der Waals surface area contributed by atoms with E-state index < -0.39 is 0 Å². The predicted molar refractivity (Wildman–Crippen MR) is 194 cm³/mol. The monoisotopic (exact) mass is 601 g/mol. The molecule has 0 atom stereocenters. The third kappa shape index (κ3) is 4.46. The van der Waals surface area contributed by atoms with Gasteiger partial charge < -0.3 is 0 Å². The molecular weight excluding hydrogens is 571 g/mol. The van der Waals surface area contributed by atoms with Gasteiger partial charge in [-0.25, -0.2) is 15.0 Å². The van der Waals surface area contributed by atoms with Crippen molar-refractivity contribution in [2.24, 2.45) is 0 Å². The fraction of sp³-hybridized carbons (Fsp3) is 0.0682. The molecule has 0 fully saturated rings. The van der Waals surface area contributed by atoms with Crippen LogP contribution in [0.5, 0.6) is 0 Å². The summed E-state index contributed by atoms with van der Waals surface area (Å²) in [5.41, 5.74) is 10.5. The molecule has 1 aliphatic carbocycles. The summed E-state index contributed by atoms with van der Waals surface area (Å²) in [4.78, 5) is 15.2. The molecule has 0 aliphatic heterocycles. The Bertz CT molecular complexity index is 2490. The topological polar surface area (TPSA) is 38.7 Å². The highest BCUT2D eigenvalue weighted by Crippen LogP contribution is 2.54. The zero-order chi connectivity index (χ0) is 31.5. The van der Waals surface area contributed by atoms with Crippen LogP contribution in [0.2, 0.25) is 0 Å². The average molecular weight is 602 g/mol. The lowest BCUT2D eigenvalue weighted by molar-refractivity contribution is 0.661. The lowest BCUT2D eigenvalue weighted by Crippen LogP contribution is -2.14. The summed E-state index contributed by atoms with van der Waals surface area (Å²) >= 11 is 0. The van der Waals surface area contributed by atoms with Gasteiger partial charge >= 0.3 is 0 Å². The minimum absolute atomic E-state index is 0.101. The molecule has 3 nitrogen and oxygen atoms in total. The number of hydrogen-bond acceptors (Lipinski definition) is 3. The normalized spacial score (nSPS) is 13.1. The van der Waals surface area contributed by atoms with Crippen LogP contribution in [0.15, 0.2) is 152 Å². The number of benzene rings is 7. The van der Waals surface area contributed by atoms with Gasteiger partial charge in [0.25, 0.3) is 0 Å². The highest BCUT2D eigenvalue weighted by molar-refractivity contribution is 6.08. The minimum Gasteiger partial charge on any atom is -0.208 e. The number of aromatic nitrogens is 3. The fourth-order valence-corrected chi connectivity index (χ4v) is 7.30. The van der Waals surface area contributed by atoms with E-state index in [1.807, 2.05) is 18.2 Å². The van der Waals surface area contributed by atoms with E-state index in [9.17, 15) is 0 Å². The smallest absolute Gasteiger partial charge is 0.164 e. The van der Waals surface area contributed by atoms with Crippen molar-refractivity contribution in [2.75, 3.05) is 0 Å². The number of nitrogens with zero attached hydrogens (tertiary/aromatic N) is 3. The zero-order valence-corrected chi connectivity index (χ0v) is 26.3. The molecule has 1 aliphatic rings. The molecule has 0 N–H and O–H groups in total. The van der Waals surface area contributed by atoms with E-state index in [0.717, 1.165) is 27.6 Å². The molecule has 0 unspecified atom stereocenters. The molecule has 1 heterocycles. The van der Waals surface area contributed by atoms with Gasteiger partial charge in [-0.15, -0.1) is 0 Å². The molecule has 0 bridgehead atoms. The van der Waals surface area contributed by atoms with Gasteiger partial charge in [-0.2, -0.15) is 0 Å². The summed E-state index contributed by atoms with van der Waals surface area (Å²) in [7, 11) is 0. The van der Waals surface area contributed by atoms with Crippen molar-refractivity contribution < 1.29 is 0 Å². The third-order valence-corrected chi connectivity index (χ3v) is 9.68. The van der Waals surface area contributed by atoms with Gasteiger partial charge in [0.1, 0.15) is 0 Å². The first-order valence-electron chi connectivity index (χ1n) is 16.1. The summed E-state index contributed by atoms with van der Waals surface area (Å²) in [5.74, 6) is 1.97. The van der Waals surface area contributed by atoms with Gasteiger partial charge in [0, 0.05) is 22.1 Å². The van der Waals surface area contributed by atoms with Crippen molar-refractivity contribution in [3.05, 3.63) is 163 Å². The van der Waals surface area contributed by atoms with Crippen molar-refractivity contribution in [2.45, 2.75) is 19.3 Å². The van der Waals surface area contributed by atoms with Gasteiger partial charge in [-0.05, 0) is 73.1 Å². The molecule has 0 radical (unpaired) electrons. The SMILES string of the molecule is CC1(C)c2ccccc2-c2c1cc1ccccc1c2-c1cccc(-c2nc(-c3ccccc3)nc(-c3ccc4ccccc4c3)n2)c1. The minimum atomic E-state index is -0.101. The van der Waals surface area contributed by atoms with Crippen molar-refractivity contribution in [3.63, 3.8) is 0 Å². The van der Waals surface area contributed by atoms with E-state index in [0.29, 0.717) is 17.5 Å².